The van der Waals surface area contributed by atoms with Gasteiger partial charge in [0.25, 0.3) is 0 Å². The van der Waals surface area contributed by atoms with Gasteiger partial charge in [-0.25, -0.2) is 4.39 Å². The summed E-state index contributed by atoms with van der Waals surface area (Å²) < 4.78 is 25.6. The smallest absolute Gasteiger partial charge is 0.144 e. The maximum atomic E-state index is 13.4. The van der Waals surface area contributed by atoms with Gasteiger partial charge in [-0.15, -0.1) is 0 Å². The lowest BCUT2D eigenvalue weighted by Crippen LogP contribution is -2.47. The number of rotatable bonds is 9. The van der Waals surface area contributed by atoms with Crippen molar-refractivity contribution in [2.75, 3.05) is 18.2 Å². The number of nitrogens with two attached hydrogens (primary N) is 1. The van der Waals surface area contributed by atoms with E-state index in [0.717, 1.165) is 22.4 Å². The molecule has 4 aromatic rings. The van der Waals surface area contributed by atoms with Crippen molar-refractivity contribution in [3.05, 3.63) is 120 Å². The van der Waals surface area contributed by atoms with Crippen LogP contribution in [0.15, 0.2) is 97.1 Å². The second kappa shape index (κ2) is 13.3. The normalized spacial score (nSPS) is 25.8. The number of aromatic hydroxyl groups is 1. The zero-order valence-electron chi connectivity index (χ0n) is 24.9. The van der Waals surface area contributed by atoms with Gasteiger partial charge in [-0.3, -0.25) is 0 Å². The molecule has 2 saturated heterocycles. The molecule has 0 bridgehead atoms. The van der Waals surface area contributed by atoms with Crippen molar-refractivity contribution in [2.24, 2.45) is 5.73 Å². The Hall–Kier alpha value is -3.83. The van der Waals surface area contributed by atoms with Crippen LogP contribution in [-0.2, 0) is 9.47 Å². The van der Waals surface area contributed by atoms with E-state index in [9.17, 15) is 24.8 Å². The summed E-state index contributed by atoms with van der Waals surface area (Å²) in [5.74, 6) is -0.311. The van der Waals surface area contributed by atoms with Gasteiger partial charge in [0.05, 0.1) is 31.0 Å². The van der Waals surface area contributed by atoms with Gasteiger partial charge in [-0.1, -0.05) is 66.7 Å². The number of benzene rings is 4. The third kappa shape index (κ3) is 6.74. The monoisotopic (exact) mass is 614 g/mol. The number of phenolic OH excluding ortho intramolecular Hbond substituents is 1. The second-order valence-corrected chi connectivity index (χ2v) is 12.0. The molecule has 45 heavy (non-hydrogen) atoms. The number of phenols is 1. The van der Waals surface area contributed by atoms with Crippen LogP contribution < -0.4 is 10.6 Å². The molecule has 0 spiro atoms. The van der Waals surface area contributed by atoms with E-state index < -0.39 is 30.1 Å². The molecule has 0 saturated carbocycles. The van der Waals surface area contributed by atoms with E-state index in [2.05, 4.69) is 0 Å². The average molecular weight is 615 g/mol. The van der Waals surface area contributed by atoms with E-state index >= 15 is 0 Å². The fourth-order valence-corrected chi connectivity index (χ4v) is 6.47. The number of halogens is 1. The lowest BCUT2D eigenvalue weighted by molar-refractivity contribution is -0.113. The highest BCUT2D eigenvalue weighted by Gasteiger charge is 2.48. The Morgan fingerprint density at radius 3 is 2.33 bits per heavy atom. The summed E-state index contributed by atoms with van der Waals surface area (Å²) in [5, 5.41) is 42.0. The van der Waals surface area contributed by atoms with Crippen LogP contribution in [0.1, 0.15) is 60.6 Å². The zero-order chi connectivity index (χ0) is 31.6. The SMILES string of the molecule is NC1(CCC(O)c2ccc(F)cc2)OCN(c2ccccc2)C1c1ccc(-c2ccc(C3CC(O)CC(CO)O3)cc2)cc1O. The summed E-state index contributed by atoms with van der Waals surface area (Å²) in [6.45, 7) is 0.0550. The first-order chi connectivity index (χ1) is 21.7. The molecular formula is C36H39FN2O6. The summed E-state index contributed by atoms with van der Waals surface area (Å²) in [4.78, 5) is 2.01. The van der Waals surface area contributed by atoms with E-state index in [-0.39, 0.29) is 43.9 Å². The molecule has 2 fully saturated rings. The largest absolute Gasteiger partial charge is 0.508 e. The van der Waals surface area contributed by atoms with E-state index in [0.29, 0.717) is 24.0 Å². The number of ether oxygens (including phenoxy) is 2. The van der Waals surface area contributed by atoms with E-state index in [1.54, 1.807) is 18.2 Å². The van der Waals surface area contributed by atoms with Crippen molar-refractivity contribution < 1.29 is 34.3 Å². The number of nitrogens with zero attached hydrogens (tertiary/aromatic N) is 1. The Bertz CT molecular complexity index is 1570. The molecule has 0 radical (unpaired) electrons. The van der Waals surface area contributed by atoms with Gasteiger partial charge in [0.1, 0.15) is 30.1 Å². The van der Waals surface area contributed by atoms with Crippen LogP contribution in [0.3, 0.4) is 0 Å². The Kier molecular flexibility index (Phi) is 9.18. The minimum atomic E-state index is -1.24. The molecule has 6 rings (SSSR count). The molecule has 6 N–H and O–H groups in total. The molecule has 0 amide bonds. The van der Waals surface area contributed by atoms with Crippen LogP contribution in [0.4, 0.5) is 10.1 Å². The lowest BCUT2D eigenvalue weighted by Gasteiger charge is -2.35. The quantitative estimate of drug-likeness (QED) is 0.168. The van der Waals surface area contributed by atoms with E-state index in [1.807, 2.05) is 71.6 Å². The molecule has 8 nitrogen and oxygen atoms in total. The van der Waals surface area contributed by atoms with Crippen molar-refractivity contribution in [1.29, 1.82) is 0 Å². The number of hydrogen-bond acceptors (Lipinski definition) is 8. The van der Waals surface area contributed by atoms with E-state index in [1.165, 1.54) is 12.1 Å². The first kappa shape index (κ1) is 31.2. The Balaban J connectivity index is 1.25. The average Bonchev–Trinajstić information content (AvgIpc) is 3.41. The van der Waals surface area contributed by atoms with Crippen molar-refractivity contribution in [3.63, 3.8) is 0 Å². The molecule has 6 unspecified atom stereocenters. The molecule has 236 valence electrons. The molecule has 2 aliphatic rings. The van der Waals surface area contributed by atoms with Gasteiger partial charge in [-0.05, 0) is 65.4 Å². The molecular weight excluding hydrogens is 575 g/mol. The van der Waals surface area contributed by atoms with Crippen LogP contribution in [-0.4, -0.2) is 51.7 Å². The number of anilines is 1. The second-order valence-electron chi connectivity index (χ2n) is 12.0. The lowest BCUT2D eigenvalue weighted by atomic mass is 9.88. The number of hydrogen-bond donors (Lipinski definition) is 5. The fourth-order valence-electron chi connectivity index (χ4n) is 6.47. The van der Waals surface area contributed by atoms with Gasteiger partial charge in [0.15, 0.2) is 0 Å². The summed E-state index contributed by atoms with van der Waals surface area (Å²) in [6.07, 6.45) is -0.652. The van der Waals surface area contributed by atoms with Gasteiger partial charge < -0.3 is 40.5 Å². The van der Waals surface area contributed by atoms with Crippen LogP contribution >= 0.6 is 0 Å². The molecule has 0 aliphatic carbocycles. The molecule has 9 heteroatoms. The number of para-hydroxylation sites is 1. The molecule has 0 aromatic heterocycles. The van der Waals surface area contributed by atoms with Gasteiger partial charge in [-0.2, -0.15) is 0 Å². The predicted octanol–water partition coefficient (Wildman–Crippen LogP) is 5.48. The van der Waals surface area contributed by atoms with Gasteiger partial charge in [0.2, 0.25) is 0 Å². The molecule has 6 atom stereocenters. The minimum Gasteiger partial charge on any atom is -0.508 e. The Morgan fingerprint density at radius 2 is 1.64 bits per heavy atom. The first-order valence-electron chi connectivity index (χ1n) is 15.3. The van der Waals surface area contributed by atoms with Gasteiger partial charge >= 0.3 is 0 Å². The van der Waals surface area contributed by atoms with Crippen molar-refractivity contribution in [2.45, 2.75) is 61.9 Å². The maximum absolute atomic E-state index is 13.4. The fraction of sp³-hybridized carbons (Fsp3) is 0.333. The van der Waals surface area contributed by atoms with Crippen LogP contribution in [0.2, 0.25) is 0 Å². The van der Waals surface area contributed by atoms with Crippen LogP contribution in [0, 0.1) is 5.82 Å². The highest BCUT2D eigenvalue weighted by atomic mass is 19.1. The standard InChI is InChI=1S/C36H39FN2O6/c37-27-13-10-24(11-14-27)32(42)16-17-36(38)35(39(22-44-36)28-4-2-1-3-5-28)31-15-12-26(18-33(31)43)23-6-8-25(9-7-23)34-20-29(41)19-30(21-40)45-34/h1-15,18,29-30,32,34-35,40-43H,16-17,19-22,38H2. The van der Waals surface area contributed by atoms with Gasteiger partial charge in [0, 0.05) is 24.1 Å². The Labute approximate surface area is 262 Å². The summed E-state index contributed by atoms with van der Waals surface area (Å²) >= 11 is 0. The Morgan fingerprint density at radius 1 is 0.933 bits per heavy atom. The highest BCUT2D eigenvalue weighted by Crippen LogP contribution is 2.46. The van der Waals surface area contributed by atoms with Crippen molar-refractivity contribution >= 4 is 5.69 Å². The van der Waals surface area contributed by atoms with Crippen LogP contribution in [0.5, 0.6) is 5.75 Å². The third-order valence-electron chi connectivity index (χ3n) is 8.92. The predicted molar refractivity (Wildman–Crippen MR) is 169 cm³/mol. The molecule has 2 aliphatic heterocycles. The number of aliphatic hydroxyl groups excluding tert-OH is 3. The molecule has 2 heterocycles. The summed E-state index contributed by atoms with van der Waals surface area (Å²) in [6, 6.07) is 28.2. The first-order valence-corrected chi connectivity index (χ1v) is 15.3. The van der Waals surface area contributed by atoms with Crippen molar-refractivity contribution in [3.8, 4) is 16.9 Å². The molecule has 4 aromatic carbocycles. The van der Waals surface area contributed by atoms with Crippen molar-refractivity contribution in [1.82, 2.24) is 0 Å². The summed E-state index contributed by atoms with van der Waals surface area (Å²) in [5.41, 5.74) is 10.4. The van der Waals surface area contributed by atoms with Crippen LogP contribution in [0.25, 0.3) is 11.1 Å². The number of aliphatic hydroxyl groups is 3. The minimum absolute atomic E-state index is 0.0615. The third-order valence-corrected chi connectivity index (χ3v) is 8.92. The zero-order valence-corrected chi connectivity index (χ0v) is 24.9. The topological polar surface area (TPSA) is 129 Å². The van der Waals surface area contributed by atoms with E-state index in [4.69, 9.17) is 15.2 Å². The summed E-state index contributed by atoms with van der Waals surface area (Å²) in [7, 11) is 0. The maximum Gasteiger partial charge on any atom is 0.144 e. The highest BCUT2D eigenvalue weighted by molar-refractivity contribution is 5.67.